The third kappa shape index (κ3) is 3.69. The van der Waals surface area contributed by atoms with Crippen molar-refractivity contribution < 1.29 is 14.3 Å². The lowest BCUT2D eigenvalue weighted by molar-refractivity contribution is -0.120. The highest BCUT2D eigenvalue weighted by atomic mass is 35.5. The van der Waals surface area contributed by atoms with E-state index in [9.17, 15) is 14.3 Å². The van der Waals surface area contributed by atoms with E-state index in [0.717, 1.165) is 22.2 Å². The predicted molar refractivity (Wildman–Crippen MR) is 98.5 cm³/mol. The first-order chi connectivity index (χ1) is 11.8. The van der Waals surface area contributed by atoms with Gasteiger partial charge in [0, 0.05) is 23.0 Å². The monoisotopic (exact) mass is 359 g/mol. The molecular weight excluding hydrogens is 341 g/mol. The van der Waals surface area contributed by atoms with Crippen molar-refractivity contribution in [3.8, 4) is 17.0 Å². The quantitative estimate of drug-likeness (QED) is 0.660. The Morgan fingerprint density at radius 1 is 1.20 bits per heavy atom. The number of carbonyl (C=O) groups is 1. The minimum absolute atomic E-state index is 0.0330. The SMILES string of the molecule is CC(C)CC(=O)Cn1c(-c2ccc(F)c(Cl)c2)cc2cc(O)ccc21. The number of hydrogen-bond donors (Lipinski definition) is 1. The summed E-state index contributed by atoms with van der Waals surface area (Å²) in [5, 5.41) is 10.6. The van der Waals surface area contributed by atoms with Gasteiger partial charge in [0.25, 0.3) is 0 Å². The molecule has 2 aromatic carbocycles. The topological polar surface area (TPSA) is 42.2 Å². The summed E-state index contributed by atoms with van der Waals surface area (Å²) in [7, 11) is 0. The Morgan fingerprint density at radius 2 is 1.96 bits per heavy atom. The second-order valence-electron chi connectivity index (χ2n) is 6.62. The van der Waals surface area contributed by atoms with Crippen molar-refractivity contribution in [1.29, 1.82) is 0 Å². The Balaban J connectivity index is 2.14. The minimum Gasteiger partial charge on any atom is -0.508 e. The number of phenolic OH excluding ortho intramolecular Hbond substituents is 1. The van der Waals surface area contributed by atoms with Crippen LogP contribution in [-0.2, 0) is 11.3 Å². The maximum atomic E-state index is 13.5. The third-order valence-electron chi connectivity index (χ3n) is 4.07. The molecule has 1 N–H and O–H groups in total. The number of halogens is 2. The van der Waals surface area contributed by atoms with Gasteiger partial charge in [-0.25, -0.2) is 4.39 Å². The van der Waals surface area contributed by atoms with Crippen molar-refractivity contribution >= 4 is 28.3 Å². The number of fused-ring (bicyclic) bond motifs is 1. The van der Waals surface area contributed by atoms with Gasteiger partial charge in [-0.2, -0.15) is 0 Å². The molecule has 0 aliphatic rings. The van der Waals surface area contributed by atoms with Crippen LogP contribution in [-0.4, -0.2) is 15.5 Å². The van der Waals surface area contributed by atoms with Crippen molar-refractivity contribution in [3.63, 3.8) is 0 Å². The van der Waals surface area contributed by atoms with E-state index in [1.807, 2.05) is 24.5 Å². The summed E-state index contributed by atoms with van der Waals surface area (Å²) >= 11 is 5.92. The third-order valence-corrected chi connectivity index (χ3v) is 4.36. The number of phenols is 1. The van der Waals surface area contributed by atoms with E-state index in [0.29, 0.717) is 6.42 Å². The van der Waals surface area contributed by atoms with Crippen LogP contribution in [0.25, 0.3) is 22.2 Å². The molecule has 3 aromatic rings. The van der Waals surface area contributed by atoms with Crippen LogP contribution in [0.4, 0.5) is 4.39 Å². The van der Waals surface area contributed by atoms with Crippen LogP contribution < -0.4 is 0 Å². The molecule has 0 fully saturated rings. The number of aromatic hydroxyl groups is 1. The van der Waals surface area contributed by atoms with Gasteiger partial charge in [-0.1, -0.05) is 25.4 Å². The molecule has 130 valence electrons. The van der Waals surface area contributed by atoms with Crippen LogP contribution in [0.5, 0.6) is 5.75 Å². The van der Waals surface area contributed by atoms with Gasteiger partial charge in [-0.3, -0.25) is 4.79 Å². The molecule has 0 bridgehead atoms. The van der Waals surface area contributed by atoms with Crippen LogP contribution in [0, 0.1) is 11.7 Å². The van der Waals surface area contributed by atoms with Crippen LogP contribution >= 0.6 is 11.6 Å². The zero-order valence-electron chi connectivity index (χ0n) is 14.1. The molecule has 0 saturated heterocycles. The minimum atomic E-state index is -0.485. The Hall–Kier alpha value is -2.33. The standard InChI is InChI=1S/C20H19ClFNO2/c1-12(2)7-16(25)11-23-19-6-4-15(24)8-14(19)10-20(23)13-3-5-18(22)17(21)9-13/h3-6,8-10,12,24H,7,11H2,1-2H3. The van der Waals surface area contributed by atoms with Gasteiger partial charge in [-0.05, 0) is 53.9 Å². The molecule has 0 aliphatic carbocycles. The van der Waals surface area contributed by atoms with Crippen LogP contribution in [0.3, 0.4) is 0 Å². The van der Waals surface area contributed by atoms with Crippen LogP contribution in [0.15, 0.2) is 42.5 Å². The largest absolute Gasteiger partial charge is 0.508 e. The molecule has 1 heterocycles. The Labute approximate surface area is 150 Å². The molecule has 0 spiro atoms. The van der Waals surface area contributed by atoms with E-state index in [-0.39, 0.29) is 29.0 Å². The summed E-state index contributed by atoms with van der Waals surface area (Å²) in [6.45, 7) is 4.23. The molecule has 0 unspecified atom stereocenters. The number of nitrogens with zero attached hydrogens (tertiary/aromatic N) is 1. The smallest absolute Gasteiger partial charge is 0.152 e. The van der Waals surface area contributed by atoms with Crippen molar-refractivity contribution in [1.82, 2.24) is 4.57 Å². The van der Waals surface area contributed by atoms with Crippen molar-refractivity contribution in [2.24, 2.45) is 5.92 Å². The zero-order chi connectivity index (χ0) is 18.1. The van der Waals surface area contributed by atoms with Gasteiger partial charge in [0.05, 0.1) is 11.6 Å². The highest BCUT2D eigenvalue weighted by Gasteiger charge is 2.16. The Bertz CT molecular complexity index is 946. The van der Waals surface area contributed by atoms with Gasteiger partial charge in [0.1, 0.15) is 11.6 Å². The van der Waals surface area contributed by atoms with Crippen molar-refractivity contribution in [2.75, 3.05) is 0 Å². The summed E-state index contributed by atoms with van der Waals surface area (Å²) in [6, 6.07) is 11.4. The van der Waals surface area contributed by atoms with E-state index in [1.54, 1.807) is 30.3 Å². The molecule has 5 heteroatoms. The maximum Gasteiger partial charge on any atom is 0.152 e. The predicted octanol–water partition coefficient (Wildman–Crippen LogP) is 5.42. The lowest BCUT2D eigenvalue weighted by Gasteiger charge is -2.12. The second kappa shape index (κ2) is 6.89. The average Bonchev–Trinajstić information content (AvgIpc) is 2.87. The first kappa shape index (κ1) is 17.5. The van der Waals surface area contributed by atoms with E-state index in [4.69, 9.17) is 11.6 Å². The highest BCUT2D eigenvalue weighted by Crippen LogP contribution is 2.32. The second-order valence-corrected chi connectivity index (χ2v) is 7.03. The zero-order valence-corrected chi connectivity index (χ0v) is 14.8. The molecule has 0 radical (unpaired) electrons. The fourth-order valence-electron chi connectivity index (χ4n) is 3.02. The molecule has 0 atom stereocenters. The first-order valence-corrected chi connectivity index (χ1v) is 8.52. The number of carbonyl (C=O) groups excluding carboxylic acids is 1. The molecule has 3 nitrogen and oxygen atoms in total. The normalized spacial score (nSPS) is 11.4. The summed E-state index contributed by atoms with van der Waals surface area (Å²) in [4.78, 5) is 12.4. The number of ketones is 1. The molecule has 0 saturated carbocycles. The molecule has 0 amide bonds. The number of benzene rings is 2. The summed E-state index contributed by atoms with van der Waals surface area (Å²) in [5.74, 6) is 0.0700. The summed E-state index contributed by atoms with van der Waals surface area (Å²) < 4.78 is 15.4. The van der Waals surface area contributed by atoms with Crippen molar-refractivity contribution in [3.05, 3.63) is 53.3 Å². The van der Waals surface area contributed by atoms with E-state index in [2.05, 4.69) is 0 Å². The first-order valence-electron chi connectivity index (χ1n) is 8.14. The van der Waals surface area contributed by atoms with Crippen molar-refractivity contribution in [2.45, 2.75) is 26.8 Å². The van der Waals surface area contributed by atoms with Gasteiger partial charge in [0.15, 0.2) is 5.78 Å². The van der Waals surface area contributed by atoms with Gasteiger partial charge >= 0.3 is 0 Å². The molecular formula is C20H19ClFNO2. The Morgan fingerprint density at radius 3 is 2.64 bits per heavy atom. The average molecular weight is 360 g/mol. The molecule has 1 aromatic heterocycles. The summed E-state index contributed by atoms with van der Waals surface area (Å²) in [6.07, 6.45) is 0.487. The van der Waals surface area contributed by atoms with Gasteiger partial charge in [0.2, 0.25) is 0 Å². The van der Waals surface area contributed by atoms with Gasteiger partial charge < -0.3 is 9.67 Å². The fraction of sp³-hybridized carbons (Fsp3) is 0.250. The van der Waals surface area contributed by atoms with E-state index < -0.39 is 5.82 Å². The van der Waals surface area contributed by atoms with Gasteiger partial charge in [-0.15, -0.1) is 0 Å². The molecule has 0 aliphatic heterocycles. The lowest BCUT2D eigenvalue weighted by atomic mass is 10.1. The molecule has 3 rings (SSSR count). The lowest BCUT2D eigenvalue weighted by Crippen LogP contribution is -2.13. The van der Waals surface area contributed by atoms with E-state index in [1.165, 1.54) is 6.07 Å². The number of aromatic nitrogens is 1. The summed E-state index contributed by atoms with van der Waals surface area (Å²) in [5.41, 5.74) is 2.32. The fourth-order valence-corrected chi connectivity index (χ4v) is 3.20. The van der Waals surface area contributed by atoms with Crippen LogP contribution in [0.1, 0.15) is 20.3 Å². The maximum absolute atomic E-state index is 13.5. The number of hydrogen-bond acceptors (Lipinski definition) is 2. The van der Waals surface area contributed by atoms with Crippen LogP contribution in [0.2, 0.25) is 5.02 Å². The van der Waals surface area contributed by atoms with E-state index >= 15 is 0 Å². The highest BCUT2D eigenvalue weighted by molar-refractivity contribution is 6.31. The number of Topliss-reactive ketones (excluding diaryl/α,β-unsaturated/α-hetero) is 1. The molecule has 25 heavy (non-hydrogen) atoms. The Kier molecular flexibility index (Phi) is 4.82. The number of rotatable bonds is 5.